The Hall–Kier alpha value is -1.47. The summed E-state index contributed by atoms with van der Waals surface area (Å²) in [5, 5.41) is 7.01. The average Bonchev–Trinajstić information content (AvgIpc) is 3.04. The molecule has 0 radical (unpaired) electrons. The summed E-state index contributed by atoms with van der Waals surface area (Å²) in [6.45, 7) is 8.26. The van der Waals surface area contributed by atoms with Crippen molar-refractivity contribution in [2.75, 3.05) is 20.2 Å². The minimum absolute atomic E-state index is 0.0401. The van der Waals surface area contributed by atoms with Crippen molar-refractivity contribution in [1.82, 2.24) is 20.4 Å². The number of likely N-dealkylation sites (tertiary alicyclic amines) is 1. The van der Waals surface area contributed by atoms with Crippen molar-refractivity contribution in [3.8, 4) is 0 Å². The lowest BCUT2D eigenvalue weighted by Gasteiger charge is -2.36. The van der Waals surface area contributed by atoms with Crippen LogP contribution in [0.2, 0.25) is 0 Å². The number of ether oxygens (including phenoxy) is 1. The van der Waals surface area contributed by atoms with E-state index in [1.807, 2.05) is 6.92 Å². The van der Waals surface area contributed by atoms with Crippen molar-refractivity contribution in [3.63, 3.8) is 0 Å². The number of amides is 1. The molecule has 1 aliphatic rings. The van der Waals surface area contributed by atoms with E-state index in [-0.39, 0.29) is 17.9 Å². The minimum Gasteiger partial charge on any atom is -0.374 e. The van der Waals surface area contributed by atoms with Crippen LogP contribution in [-0.2, 0) is 16.1 Å². The van der Waals surface area contributed by atoms with Gasteiger partial charge in [0.15, 0.2) is 5.82 Å². The number of carbonyl (C=O) groups is 1. The van der Waals surface area contributed by atoms with E-state index in [4.69, 9.17) is 9.26 Å². The van der Waals surface area contributed by atoms with Crippen LogP contribution >= 0.6 is 0 Å². The molecule has 1 N–H and O–H groups in total. The van der Waals surface area contributed by atoms with E-state index in [1.165, 1.54) is 0 Å². The number of hydrogen-bond donors (Lipinski definition) is 1. The molecule has 0 spiro atoms. The standard InChI is InChI=1S/C17H30N4O3/c1-5-6-9-18-17(22)14-8-7-12(2)21(10-14)11-15-19-16(20-24-15)13(3)23-4/h12-14H,5-11H2,1-4H3,(H,18,22)/t12-,13-,14-/m1/s1. The lowest BCUT2D eigenvalue weighted by Crippen LogP contribution is -2.46. The van der Waals surface area contributed by atoms with E-state index in [0.29, 0.717) is 24.3 Å². The quantitative estimate of drug-likeness (QED) is 0.733. The number of rotatable bonds is 8. The second kappa shape index (κ2) is 9.13. The fraction of sp³-hybridized carbons (Fsp3) is 0.824. The normalized spacial score (nSPS) is 23.2. The molecule has 1 saturated heterocycles. The number of nitrogens with zero attached hydrogens (tertiary/aromatic N) is 3. The first kappa shape index (κ1) is 18.9. The monoisotopic (exact) mass is 338 g/mol. The molecule has 0 aromatic carbocycles. The third kappa shape index (κ3) is 5.01. The molecule has 1 aromatic rings. The Labute approximate surface area is 144 Å². The van der Waals surface area contributed by atoms with Crippen molar-refractivity contribution < 1.29 is 14.1 Å². The van der Waals surface area contributed by atoms with Gasteiger partial charge in [-0.15, -0.1) is 0 Å². The van der Waals surface area contributed by atoms with E-state index in [2.05, 4.69) is 34.2 Å². The third-order valence-corrected chi connectivity index (χ3v) is 4.75. The second-order valence-corrected chi connectivity index (χ2v) is 6.62. The van der Waals surface area contributed by atoms with E-state index >= 15 is 0 Å². The summed E-state index contributed by atoms with van der Waals surface area (Å²) in [5.74, 6) is 1.34. The van der Waals surface area contributed by atoms with Crippen LogP contribution in [0, 0.1) is 5.92 Å². The Morgan fingerprint density at radius 3 is 3.00 bits per heavy atom. The first-order valence-corrected chi connectivity index (χ1v) is 8.92. The molecule has 0 bridgehead atoms. The number of carbonyl (C=O) groups excluding carboxylic acids is 1. The number of hydrogen-bond acceptors (Lipinski definition) is 6. The molecular formula is C17H30N4O3. The van der Waals surface area contributed by atoms with Gasteiger partial charge in [0.25, 0.3) is 0 Å². The molecule has 136 valence electrons. The molecule has 0 saturated carbocycles. The molecule has 0 aliphatic carbocycles. The molecule has 2 rings (SSSR count). The molecule has 2 heterocycles. The largest absolute Gasteiger partial charge is 0.374 e. The first-order valence-electron chi connectivity index (χ1n) is 8.92. The molecule has 1 aliphatic heterocycles. The van der Waals surface area contributed by atoms with Crippen LogP contribution in [0.25, 0.3) is 0 Å². The van der Waals surface area contributed by atoms with Crippen LogP contribution in [-0.4, -0.2) is 47.2 Å². The Morgan fingerprint density at radius 2 is 2.29 bits per heavy atom. The number of methoxy groups -OCH3 is 1. The average molecular weight is 338 g/mol. The van der Waals surface area contributed by atoms with Crippen molar-refractivity contribution >= 4 is 5.91 Å². The molecule has 24 heavy (non-hydrogen) atoms. The predicted octanol–water partition coefficient (Wildman–Crippen LogP) is 2.29. The Bertz CT molecular complexity index is 520. The van der Waals surface area contributed by atoms with Gasteiger partial charge in [0.1, 0.15) is 6.10 Å². The summed E-state index contributed by atoms with van der Waals surface area (Å²) in [4.78, 5) is 19.0. The van der Waals surface area contributed by atoms with Crippen LogP contribution in [0.5, 0.6) is 0 Å². The predicted molar refractivity (Wildman–Crippen MR) is 90.2 cm³/mol. The third-order valence-electron chi connectivity index (χ3n) is 4.75. The van der Waals surface area contributed by atoms with Gasteiger partial charge in [-0.3, -0.25) is 9.69 Å². The van der Waals surface area contributed by atoms with Crippen molar-refractivity contribution in [2.24, 2.45) is 5.92 Å². The maximum Gasteiger partial charge on any atom is 0.240 e. The molecule has 1 aromatic heterocycles. The van der Waals surface area contributed by atoms with Gasteiger partial charge >= 0.3 is 0 Å². The highest BCUT2D eigenvalue weighted by Crippen LogP contribution is 2.24. The SMILES string of the molecule is CCCCNC(=O)[C@@H]1CC[C@@H](C)N(Cc2nc([C@@H](C)OC)no2)C1. The number of aromatic nitrogens is 2. The van der Waals surface area contributed by atoms with Crippen LogP contribution in [0.4, 0.5) is 0 Å². The summed E-state index contributed by atoms with van der Waals surface area (Å²) in [5.41, 5.74) is 0. The van der Waals surface area contributed by atoms with Gasteiger partial charge in [0.2, 0.25) is 11.8 Å². The fourth-order valence-corrected chi connectivity index (χ4v) is 2.92. The molecule has 1 amide bonds. The Morgan fingerprint density at radius 1 is 1.50 bits per heavy atom. The second-order valence-electron chi connectivity index (χ2n) is 6.62. The Balaban J connectivity index is 1.91. The lowest BCUT2D eigenvalue weighted by molar-refractivity contribution is -0.127. The van der Waals surface area contributed by atoms with Gasteiger partial charge < -0.3 is 14.6 Å². The zero-order valence-electron chi connectivity index (χ0n) is 15.2. The maximum atomic E-state index is 12.3. The summed E-state index contributed by atoms with van der Waals surface area (Å²) >= 11 is 0. The van der Waals surface area contributed by atoms with Gasteiger partial charge in [-0.05, 0) is 33.1 Å². The molecule has 7 nitrogen and oxygen atoms in total. The molecular weight excluding hydrogens is 308 g/mol. The molecule has 0 unspecified atom stereocenters. The Kier molecular flexibility index (Phi) is 7.17. The lowest BCUT2D eigenvalue weighted by atomic mass is 9.92. The van der Waals surface area contributed by atoms with Gasteiger partial charge in [0, 0.05) is 26.2 Å². The highest BCUT2D eigenvalue weighted by molar-refractivity contribution is 5.78. The van der Waals surface area contributed by atoms with E-state index in [9.17, 15) is 4.79 Å². The summed E-state index contributed by atoms with van der Waals surface area (Å²) in [6.07, 6.45) is 3.87. The van der Waals surface area contributed by atoms with Crippen molar-refractivity contribution in [2.45, 2.75) is 65.1 Å². The van der Waals surface area contributed by atoms with Crippen LogP contribution in [0.1, 0.15) is 64.3 Å². The van der Waals surface area contributed by atoms with E-state index in [1.54, 1.807) is 7.11 Å². The van der Waals surface area contributed by atoms with Crippen molar-refractivity contribution in [3.05, 3.63) is 11.7 Å². The fourth-order valence-electron chi connectivity index (χ4n) is 2.92. The maximum absolute atomic E-state index is 12.3. The van der Waals surface area contributed by atoms with Gasteiger partial charge in [0.05, 0.1) is 12.5 Å². The first-order chi connectivity index (χ1) is 11.5. The van der Waals surface area contributed by atoms with Gasteiger partial charge in [-0.2, -0.15) is 4.98 Å². The minimum atomic E-state index is -0.182. The summed E-state index contributed by atoms with van der Waals surface area (Å²) in [6, 6.07) is 0.403. The molecule has 7 heteroatoms. The van der Waals surface area contributed by atoms with Gasteiger partial charge in [-0.25, -0.2) is 0 Å². The van der Waals surface area contributed by atoms with Crippen molar-refractivity contribution in [1.29, 1.82) is 0 Å². The molecule has 1 fully saturated rings. The number of unbranched alkanes of at least 4 members (excludes halogenated alkanes) is 1. The number of nitrogens with one attached hydrogen (secondary N) is 1. The van der Waals surface area contributed by atoms with Crippen LogP contribution in [0.3, 0.4) is 0 Å². The highest BCUT2D eigenvalue weighted by atomic mass is 16.5. The highest BCUT2D eigenvalue weighted by Gasteiger charge is 2.30. The van der Waals surface area contributed by atoms with E-state index in [0.717, 1.165) is 38.8 Å². The van der Waals surface area contributed by atoms with Crippen LogP contribution in [0.15, 0.2) is 4.52 Å². The molecule has 3 atom stereocenters. The summed E-state index contributed by atoms with van der Waals surface area (Å²) < 4.78 is 10.5. The number of piperidine rings is 1. The summed E-state index contributed by atoms with van der Waals surface area (Å²) in [7, 11) is 1.62. The van der Waals surface area contributed by atoms with E-state index < -0.39 is 0 Å². The topological polar surface area (TPSA) is 80.5 Å². The zero-order valence-corrected chi connectivity index (χ0v) is 15.2. The smallest absolute Gasteiger partial charge is 0.240 e. The van der Waals surface area contributed by atoms with Gasteiger partial charge in [-0.1, -0.05) is 18.5 Å². The zero-order chi connectivity index (χ0) is 17.5. The van der Waals surface area contributed by atoms with Crippen LogP contribution < -0.4 is 5.32 Å².